The average Bonchev–Trinajstić information content (AvgIpc) is 2.19. The lowest BCUT2D eigenvalue weighted by Crippen LogP contribution is -2.26. The number of hydrogen-bond donors (Lipinski definition) is 1. The first-order chi connectivity index (χ1) is 6.77. The molecule has 0 amide bonds. The minimum atomic E-state index is -0.315. The third-order valence-electron chi connectivity index (χ3n) is 2.11. The van der Waals surface area contributed by atoms with Gasteiger partial charge in [0.1, 0.15) is 6.67 Å². The SMILES string of the molecule is CCCN(CCF)c1ccc(N)cc1. The normalized spacial score (nSPS) is 10.1. The van der Waals surface area contributed by atoms with E-state index < -0.39 is 0 Å². The first-order valence-electron chi connectivity index (χ1n) is 4.94. The second-order valence-electron chi connectivity index (χ2n) is 3.27. The van der Waals surface area contributed by atoms with E-state index in [2.05, 4.69) is 6.92 Å². The Kier molecular flexibility index (Phi) is 4.23. The topological polar surface area (TPSA) is 29.3 Å². The van der Waals surface area contributed by atoms with Crippen molar-refractivity contribution in [2.75, 3.05) is 30.4 Å². The molecule has 2 N–H and O–H groups in total. The Bertz CT molecular complexity index is 252. The molecule has 0 unspecified atom stereocenters. The van der Waals surface area contributed by atoms with Gasteiger partial charge in [0.2, 0.25) is 0 Å². The molecule has 0 spiro atoms. The summed E-state index contributed by atoms with van der Waals surface area (Å²) in [4.78, 5) is 2.03. The largest absolute Gasteiger partial charge is 0.399 e. The summed E-state index contributed by atoms with van der Waals surface area (Å²) in [5.74, 6) is 0. The van der Waals surface area contributed by atoms with E-state index in [0.717, 1.165) is 24.3 Å². The zero-order valence-electron chi connectivity index (χ0n) is 8.54. The van der Waals surface area contributed by atoms with Gasteiger partial charge in [-0.05, 0) is 30.7 Å². The average molecular weight is 196 g/mol. The number of hydrogen-bond acceptors (Lipinski definition) is 2. The molecular formula is C11H17FN2. The standard InChI is InChI=1S/C11H17FN2/c1-2-8-14(9-7-12)11-5-3-10(13)4-6-11/h3-6H,2,7-9,13H2,1H3. The van der Waals surface area contributed by atoms with Gasteiger partial charge in [-0.3, -0.25) is 0 Å². The number of nitrogen functional groups attached to an aromatic ring is 1. The highest BCUT2D eigenvalue weighted by Gasteiger charge is 2.03. The zero-order valence-corrected chi connectivity index (χ0v) is 8.54. The maximum Gasteiger partial charge on any atom is 0.107 e. The molecule has 2 nitrogen and oxygen atoms in total. The van der Waals surface area contributed by atoms with E-state index in [1.54, 1.807) is 0 Å². The summed E-state index contributed by atoms with van der Waals surface area (Å²) in [6.07, 6.45) is 1.02. The van der Waals surface area contributed by atoms with E-state index in [0.29, 0.717) is 6.54 Å². The lowest BCUT2D eigenvalue weighted by molar-refractivity contribution is 0.489. The third-order valence-corrected chi connectivity index (χ3v) is 2.11. The summed E-state index contributed by atoms with van der Waals surface area (Å²) in [7, 11) is 0. The van der Waals surface area contributed by atoms with Crippen molar-refractivity contribution in [1.29, 1.82) is 0 Å². The van der Waals surface area contributed by atoms with Crippen molar-refractivity contribution in [2.24, 2.45) is 0 Å². The Labute approximate surface area is 84.5 Å². The maximum absolute atomic E-state index is 12.3. The molecule has 14 heavy (non-hydrogen) atoms. The molecule has 0 heterocycles. The number of alkyl halides is 1. The Morgan fingerprint density at radius 1 is 1.21 bits per heavy atom. The molecule has 0 atom stereocenters. The van der Waals surface area contributed by atoms with Crippen molar-refractivity contribution in [1.82, 2.24) is 0 Å². The first-order valence-corrected chi connectivity index (χ1v) is 4.94. The van der Waals surface area contributed by atoms with Crippen molar-refractivity contribution >= 4 is 11.4 Å². The molecule has 0 aliphatic carbocycles. The maximum atomic E-state index is 12.3. The summed E-state index contributed by atoms with van der Waals surface area (Å²) in [6, 6.07) is 7.55. The number of benzene rings is 1. The van der Waals surface area contributed by atoms with Gasteiger partial charge in [-0.15, -0.1) is 0 Å². The van der Waals surface area contributed by atoms with Gasteiger partial charge in [0.15, 0.2) is 0 Å². The van der Waals surface area contributed by atoms with E-state index in [1.807, 2.05) is 29.2 Å². The highest BCUT2D eigenvalue weighted by Crippen LogP contribution is 2.16. The van der Waals surface area contributed by atoms with Gasteiger partial charge in [-0.1, -0.05) is 6.92 Å². The molecule has 1 aromatic carbocycles. The molecule has 0 fully saturated rings. The molecule has 0 aliphatic heterocycles. The molecule has 0 aliphatic rings. The van der Waals surface area contributed by atoms with Crippen molar-refractivity contribution in [3.63, 3.8) is 0 Å². The molecule has 78 valence electrons. The van der Waals surface area contributed by atoms with E-state index in [1.165, 1.54) is 0 Å². The monoisotopic (exact) mass is 196 g/mol. The van der Waals surface area contributed by atoms with Gasteiger partial charge in [-0.2, -0.15) is 0 Å². The van der Waals surface area contributed by atoms with Gasteiger partial charge >= 0.3 is 0 Å². The Morgan fingerprint density at radius 3 is 2.36 bits per heavy atom. The number of halogens is 1. The van der Waals surface area contributed by atoms with Crippen LogP contribution < -0.4 is 10.6 Å². The second-order valence-corrected chi connectivity index (χ2v) is 3.27. The van der Waals surface area contributed by atoms with E-state index in [9.17, 15) is 4.39 Å². The summed E-state index contributed by atoms with van der Waals surface area (Å²) in [5.41, 5.74) is 7.36. The van der Waals surface area contributed by atoms with Gasteiger partial charge in [-0.25, -0.2) is 4.39 Å². The number of rotatable bonds is 5. The van der Waals surface area contributed by atoms with Gasteiger partial charge in [0.05, 0.1) is 0 Å². The van der Waals surface area contributed by atoms with Gasteiger partial charge in [0.25, 0.3) is 0 Å². The van der Waals surface area contributed by atoms with Gasteiger partial charge < -0.3 is 10.6 Å². The zero-order chi connectivity index (χ0) is 10.4. The predicted molar refractivity (Wildman–Crippen MR) is 59.3 cm³/mol. The summed E-state index contributed by atoms with van der Waals surface area (Å²) < 4.78 is 12.3. The van der Waals surface area contributed by atoms with Crippen LogP contribution in [0.25, 0.3) is 0 Å². The molecule has 0 saturated heterocycles. The van der Waals surface area contributed by atoms with Crippen LogP contribution in [0.5, 0.6) is 0 Å². The molecule has 0 bridgehead atoms. The Morgan fingerprint density at radius 2 is 1.86 bits per heavy atom. The fraction of sp³-hybridized carbons (Fsp3) is 0.455. The second kappa shape index (κ2) is 5.47. The molecule has 3 heteroatoms. The van der Waals surface area contributed by atoms with E-state index in [-0.39, 0.29) is 6.67 Å². The van der Waals surface area contributed by atoms with Gasteiger partial charge in [0, 0.05) is 24.5 Å². The molecular weight excluding hydrogens is 179 g/mol. The third kappa shape index (κ3) is 2.91. The minimum absolute atomic E-state index is 0.315. The van der Waals surface area contributed by atoms with Crippen LogP contribution >= 0.6 is 0 Å². The van der Waals surface area contributed by atoms with Crippen LogP contribution in [-0.2, 0) is 0 Å². The smallest absolute Gasteiger partial charge is 0.107 e. The lowest BCUT2D eigenvalue weighted by Gasteiger charge is -2.22. The number of nitrogens with two attached hydrogens (primary N) is 1. The molecule has 1 rings (SSSR count). The molecule has 0 aromatic heterocycles. The van der Waals surface area contributed by atoms with Crippen LogP contribution in [0.15, 0.2) is 24.3 Å². The predicted octanol–water partition coefficient (Wildman–Crippen LogP) is 2.45. The summed E-state index contributed by atoms with van der Waals surface area (Å²) >= 11 is 0. The van der Waals surface area contributed by atoms with Crippen LogP contribution in [-0.4, -0.2) is 19.8 Å². The van der Waals surface area contributed by atoms with Crippen LogP contribution in [0.2, 0.25) is 0 Å². The van der Waals surface area contributed by atoms with Crippen molar-refractivity contribution in [2.45, 2.75) is 13.3 Å². The molecule has 1 aromatic rings. The Balaban J connectivity index is 2.71. The van der Waals surface area contributed by atoms with E-state index >= 15 is 0 Å². The van der Waals surface area contributed by atoms with Crippen LogP contribution in [0.1, 0.15) is 13.3 Å². The van der Waals surface area contributed by atoms with Crippen molar-refractivity contribution < 1.29 is 4.39 Å². The van der Waals surface area contributed by atoms with Crippen LogP contribution in [0.4, 0.5) is 15.8 Å². The number of nitrogens with zero attached hydrogens (tertiary/aromatic N) is 1. The minimum Gasteiger partial charge on any atom is -0.399 e. The summed E-state index contributed by atoms with van der Waals surface area (Å²) in [6.45, 7) is 3.11. The Hall–Kier alpha value is -1.25. The molecule has 0 saturated carbocycles. The van der Waals surface area contributed by atoms with Crippen LogP contribution in [0, 0.1) is 0 Å². The van der Waals surface area contributed by atoms with Crippen molar-refractivity contribution in [3.05, 3.63) is 24.3 Å². The van der Waals surface area contributed by atoms with E-state index in [4.69, 9.17) is 5.73 Å². The lowest BCUT2D eigenvalue weighted by atomic mass is 10.2. The summed E-state index contributed by atoms with van der Waals surface area (Å²) in [5, 5.41) is 0. The highest BCUT2D eigenvalue weighted by molar-refractivity contribution is 5.53. The highest BCUT2D eigenvalue weighted by atomic mass is 19.1. The molecule has 0 radical (unpaired) electrons. The fourth-order valence-electron chi connectivity index (χ4n) is 1.43. The van der Waals surface area contributed by atoms with Crippen LogP contribution in [0.3, 0.4) is 0 Å². The number of anilines is 2. The quantitative estimate of drug-likeness (QED) is 0.733. The first kappa shape index (κ1) is 10.8. The fourth-order valence-corrected chi connectivity index (χ4v) is 1.43. The van der Waals surface area contributed by atoms with Crippen molar-refractivity contribution in [3.8, 4) is 0 Å².